The summed E-state index contributed by atoms with van der Waals surface area (Å²) in [7, 11) is 4.31. The molecule has 1 saturated carbocycles. The SMILES string of the molecule is CN1CCC(N(C)c2nccc3oc(-c4cnc5ccc(OC6CC(N)C6)nn45)cc23)CC1. The average molecular weight is 448 g/mol. The van der Waals surface area contributed by atoms with E-state index in [9.17, 15) is 0 Å². The van der Waals surface area contributed by atoms with Crippen LogP contribution < -0.4 is 15.4 Å². The van der Waals surface area contributed by atoms with Crippen molar-refractivity contribution in [1.82, 2.24) is 24.5 Å². The van der Waals surface area contributed by atoms with Crippen LogP contribution in [0.2, 0.25) is 0 Å². The highest BCUT2D eigenvalue weighted by Gasteiger charge is 2.28. The van der Waals surface area contributed by atoms with Gasteiger partial charge in [-0.15, -0.1) is 5.10 Å². The summed E-state index contributed by atoms with van der Waals surface area (Å²) in [4.78, 5) is 13.9. The van der Waals surface area contributed by atoms with E-state index in [0.29, 0.717) is 17.7 Å². The molecule has 0 amide bonds. The third-order valence-electron chi connectivity index (χ3n) is 7.00. The molecule has 1 aliphatic carbocycles. The molecule has 0 unspecified atom stereocenters. The number of rotatable bonds is 5. The first-order valence-corrected chi connectivity index (χ1v) is 11.6. The van der Waals surface area contributed by atoms with Crippen LogP contribution in [0.5, 0.6) is 5.88 Å². The quantitative estimate of drug-likeness (QED) is 0.499. The number of imidazole rings is 1. The fraction of sp³-hybridized carbons (Fsp3) is 0.458. The van der Waals surface area contributed by atoms with E-state index in [0.717, 1.165) is 66.9 Å². The number of furan rings is 1. The monoisotopic (exact) mass is 447 g/mol. The Morgan fingerprint density at radius 3 is 2.76 bits per heavy atom. The van der Waals surface area contributed by atoms with E-state index in [1.165, 1.54) is 0 Å². The minimum Gasteiger partial charge on any atom is -0.473 e. The largest absolute Gasteiger partial charge is 0.473 e. The van der Waals surface area contributed by atoms with Crippen molar-refractivity contribution in [3.05, 3.63) is 36.7 Å². The van der Waals surface area contributed by atoms with Crippen LogP contribution in [0, 0.1) is 0 Å². The Bertz CT molecular complexity index is 1280. The number of anilines is 1. The number of nitrogens with two attached hydrogens (primary N) is 1. The molecule has 9 nitrogen and oxygen atoms in total. The molecule has 0 spiro atoms. The number of piperidine rings is 1. The number of aromatic nitrogens is 4. The molecule has 4 aromatic rings. The molecule has 0 aromatic carbocycles. The molecule has 1 aliphatic heterocycles. The average Bonchev–Trinajstić information content (AvgIpc) is 3.41. The third kappa shape index (κ3) is 3.71. The minimum atomic E-state index is 0.131. The van der Waals surface area contributed by atoms with Crippen LogP contribution >= 0.6 is 0 Å². The van der Waals surface area contributed by atoms with Crippen LogP contribution in [-0.2, 0) is 0 Å². The fourth-order valence-corrected chi connectivity index (χ4v) is 4.87. The van der Waals surface area contributed by atoms with E-state index in [2.05, 4.69) is 34.0 Å². The second-order valence-electron chi connectivity index (χ2n) is 9.36. The van der Waals surface area contributed by atoms with Crippen molar-refractivity contribution in [2.24, 2.45) is 5.73 Å². The maximum Gasteiger partial charge on any atom is 0.232 e. The van der Waals surface area contributed by atoms with Crippen LogP contribution in [0.4, 0.5) is 5.82 Å². The van der Waals surface area contributed by atoms with Crippen LogP contribution in [-0.4, -0.2) is 69.9 Å². The van der Waals surface area contributed by atoms with Crippen molar-refractivity contribution in [3.63, 3.8) is 0 Å². The summed E-state index contributed by atoms with van der Waals surface area (Å²) in [6.45, 7) is 2.21. The lowest BCUT2D eigenvalue weighted by Gasteiger charge is -2.35. The smallest absolute Gasteiger partial charge is 0.232 e. The van der Waals surface area contributed by atoms with Crippen molar-refractivity contribution in [3.8, 4) is 17.3 Å². The summed E-state index contributed by atoms with van der Waals surface area (Å²) >= 11 is 0. The minimum absolute atomic E-state index is 0.131. The second-order valence-corrected chi connectivity index (χ2v) is 9.36. The molecule has 2 aliphatic rings. The van der Waals surface area contributed by atoms with Crippen molar-refractivity contribution < 1.29 is 9.15 Å². The first kappa shape index (κ1) is 20.4. The standard InChI is InChI=1S/C24H29N7O2/c1-29-9-6-16(7-10-29)30(2)24-18-13-21(33-20(18)5-8-26-24)19-14-27-22-3-4-23(28-31(19)22)32-17-11-15(25)12-17/h3-5,8,13-17H,6-7,9-12,25H2,1-2H3. The number of ether oxygens (including phenoxy) is 1. The fourth-order valence-electron chi connectivity index (χ4n) is 4.87. The first-order valence-electron chi connectivity index (χ1n) is 11.6. The van der Waals surface area contributed by atoms with E-state index in [-0.39, 0.29) is 12.1 Å². The highest BCUT2D eigenvalue weighted by molar-refractivity contribution is 5.92. The number of fused-ring (bicyclic) bond motifs is 2. The summed E-state index contributed by atoms with van der Waals surface area (Å²) < 4.78 is 14.0. The molecule has 1 saturated heterocycles. The highest BCUT2D eigenvalue weighted by Crippen LogP contribution is 2.34. The molecule has 33 heavy (non-hydrogen) atoms. The topological polar surface area (TPSA) is 98.0 Å². The number of pyridine rings is 1. The Labute approximate surface area is 192 Å². The predicted octanol–water partition coefficient (Wildman–Crippen LogP) is 2.94. The molecular formula is C24H29N7O2. The molecule has 4 aromatic heterocycles. The molecule has 2 N–H and O–H groups in total. The van der Waals surface area contributed by atoms with Gasteiger partial charge >= 0.3 is 0 Å². The number of hydrogen-bond acceptors (Lipinski definition) is 8. The molecule has 0 radical (unpaired) electrons. The Morgan fingerprint density at radius 2 is 1.97 bits per heavy atom. The highest BCUT2D eigenvalue weighted by atomic mass is 16.5. The van der Waals surface area contributed by atoms with E-state index in [4.69, 9.17) is 19.9 Å². The summed E-state index contributed by atoms with van der Waals surface area (Å²) in [5.74, 6) is 2.22. The Balaban J connectivity index is 1.33. The van der Waals surface area contributed by atoms with E-state index in [1.54, 1.807) is 10.7 Å². The molecule has 2 fully saturated rings. The van der Waals surface area contributed by atoms with Gasteiger partial charge in [0.2, 0.25) is 5.88 Å². The Kier molecular flexibility index (Phi) is 4.95. The molecular weight excluding hydrogens is 418 g/mol. The van der Waals surface area contributed by atoms with E-state index < -0.39 is 0 Å². The van der Waals surface area contributed by atoms with Gasteiger partial charge in [0.1, 0.15) is 23.2 Å². The third-order valence-corrected chi connectivity index (χ3v) is 7.00. The molecule has 9 heteroatoms. The van der Waals surface area contributed by atoms with Gasteiger partial charge in [-0.25, -0.2) is 14.5 Å². The maximum absolute atomic E-state index is 6.25. The van der Waals surface area contributed by atoms with Crippen molar-refractivity contribution in [2.75, 3.05) is 32.1 Å². The zero-order valence-corrected chi connectivity index (χ0v) is 19.0. The van der Waals surface area contributed by atoms with Gasteiger partial charge in [-0.05, 0) is 64.0 Å². The van der Waals surface area contributed by atoms with Crippen LogP contribution in [0.15, 0.2) is 41.1 Å². The van der Waals surface area contributed by atoms with E-state index in [1.807, 2.05) is 30.5 Å². The van der Waals surface area contributed by atoms with Crippen LogP contribution in [0.25, 0.3) is 28.1 Å². The van der Waals surface area contributed by atoms with E-state index >= 15 is 0 Å². The summed E-state index contributed by atoms with van der Waals surface area (Å²) in [5, 5.41) is 5.67. The van der Waals surface area contributed by atoms with Gasteiger partial charge in [-0.2, -0.15) is 0 Å². The number of nitrogens with zero attached hydrogens (tertiary/aromatic N) is 6. The lowest BCUT2D eigenvalue weighted by molar-refractivity contribution is 0.0944. The lowest BCUT2D eigenvalue weighted by Crippen LogP contribution is -2.43. The van der Waals surface area contributed by atoms with Gasteiger partial charge in [0.25, 0.3) is 0 Å². The van der Waals surface area contributed by atoms with Crippen molar-refractivity contribution in [2.45, 2.75) is 43.9 Å². The molecule has 172 valence electrons. The zero-order valence-electron chi connectivity index (χ0n) is 19.0. The predicted molar refractivity (Wildman–Crippen MR) is 127 cm³/mol. The van der Waals surface area contributed by atoms with Crippen molar-refractivity contribution >= 4 is 22.4 Å². The molecule has 5 heterocycles. The Morgan fingerprint density at radius 1 is 1.15 bits per heavy atom. The number of likely N-dealkylation sites (tertiary alicyclic amines) is 1. The van der Waals surface area contributed by atoms with Gasteiger partial charge in [0.15, 0.2) is 11.4 Å². The maximum atomic E-state index is 6.25. The van der Waals surface area contributed by atoms with Crippen molar-refractivity contribution in [1.29, 1.82) is 0 Å². The molecule has 0 bridgehead atoms. The van der Waals surface area contributed by atoms with Gasteiger partial charge < -0.3 is 24.7 Å². The van der Waals surface area contributed by atoms with Gasteiger partial charge in [0, 0.05) is 31.4 Å². The lowest BCUT2D eigenvalue weighted by atomic mass is 9.90. The molecule has 0 atom stereocenters. The first-order chi connectivity index (χ1) is 16.0. The van der Waals surface area contributed by atoms with Crippen LogP contribution in [0.3, 0.4) is 0 Å². The summed E-state index contributed by atoms with van der Waals surface area (Å²) in [6, 6.07) is 8.42. The zero-order chi connectivity index (χ0) is 22.5. The van der Waals surface area contributed by atoms with Gasteiger partial charge in [-0.1, -0.05) is 0 Å². The summed E-state index contributed by atoms with van der Waals surface area (Å²) in [6.07, 6.45) is 7.71. The Hall–Kier alpha value is -3.17. The second kappa shape index (κ2) is 8.00. The number of hydrogen-bond donors (Lipinski definition) is 1. The molecule has 6 rings (SSSR count). The normalized spacial score (nSPS) is 22.0. The van der Waals surface area contributed by atoms with Gasteiger partial charge in [0.05, 0.1) is 11.6 Å². The van der Waals surface area contributed by atoms with Crippen LogP contribution in [0.1, 0.15) is 25.7 Å². The van der Waals surface area contributed by atoms with Gasteiger partial charge in [-0.3, -0.25) is 0 Å². The summed E-state index contributed by atoms with van der Waals surface area (Å²) in [5.41, 5.74) is 8.21.